The summed E-state index contributed by atoms with van der Waals surface area (Å²) in [6.45, 7) is 3.04. The zero-order chi connectivity index (χ0) is 20.9. The van der Waals surface area contributed by atoms with E-state index < -0.39 is 5.97 Å². The number of carbonyl (C=O) groups is 1. The van der Waals surface area contributed by atoms with Gasteiger partial charge in [0.15, 0.2) is 0 Å². The molecule has 30 heavy (non-hydrogen) atoms. The largest absolute Gasteiger partial charge is 0.489 e. The fourth-order valence-electron chi connectivity index (χ4n) is 3.46. The summed E-state index contributed by atoms with van der Waals surface area (Å²) in [6.07, 6.45) is 5.60. The van der Waals surface area contributed by atoms with Crippen molar-refractivity contribution in [3.63, 3.8) is 0 Å². The van der Waals surface area contributed by atoms with E-state index in [2.05, 4.69) is 22.2 Å². The SMILES string of the molecule is CC(CC(=O)O)c1ccc(OCc2ccc3c(cnn3Cc3cccnc3)c2)cc1. The normalized spacial score (nSPS) is 12.0. The van der Waals surface area contributed by atoms with Crippen molar-refractivity contribution in [3.8, 4) is 5.75 Å². The van der Waals surface area contributed by atoms with Crippen molar-refractivity contribution in [1.29, 1.82) is 0 Å². The van der Waals surface area contributed by atoms with Crippen LogP contribution in [-0.2, 0) is 17.9 Å². The molecule has 0 radical (unpaired) electrons. The average molecular weight is 401 g/mol. The molecule has 4 rings (SSSR count). The molecule has 0 aliphatic heterocycles. The summed E-state index contributed by atoms with van der Waals surface area (Å²) < 4.78 is 7.87. The molecule has 1 N–H and O–H groups in total. The van der Waals surface area contributed by atoms with Crippen LogP contribution in [0, 0.1) is 0 Å². The van der Waals surface area contributed by atoms with Gasteiger partial charge < -0.3 is 9.84 Å². The first kappa shape index (κ1) is 19.6. The maximum Gasteiger partial charge on any atom is 0.303 e. The number of aromatic nitrogens is 3. The predicted molar refractivity (Wildman–Crippen MR) is 115 cm³/mol. The van der Waals surface area contributed by atoms with E-state index in [1.807, 2.05) is 66.5 Å². The lowest BCUT2D eigenvalue weighted by atomic mass is 9.98. The maximum absolute atomic E-state index is 10.9. The number of rotatable bonds is 8. The Morgan fingerprint density at radius 3 is 2.67 bits per heavy atom. The molecule has 0 fully saturated rings. The number of fused-ring (bicyclic) bond motifs is 1. The number of benzene rings is 2. The Kier molecular flexibility index (Phi) is 5.75. The van der Waals surface area contributed by atoms with Crippen LogP contribution in [-0.4, -0.2) is 25.8 Å². The second-order valence-corrected chi connectivity index (χ2v) is 7.41. The molecular weight excluding hydrogens is 378 g/mol. The average Bonchev–Trinajstić information content (AvgIpc) is 3.15. The molecule has 4 aromatic rings. The molecular formula is C24H23N3O3. The van der Waals surface area contributed by atoms with Gasteiger partial charge in [-0.25, -0.2) is 0 Å². The van der Waals surface area contributed by atoms with E-state index in [4.69, 9.17) is 9.84 Å². The van der Waals surface area contributed by atoms with Crippen molar-refractivity contribution < 1.29 is 14.6 Å². The molecule has 0 saturated heterocycles. The quantitative estimate of drug-likeness (QED) is 0.465. The van der Waals surface area contributed by atoms with Crippen LogP contribution in [0.2, 0.25) is 0 Å². The number of carboxylic acids is 1. The number of hydrogen-bond donors (Lipinski definition) is 1. The lowest BCUT2D eigenvalue weighted by Crippen LogP contribution is -2.03. The van der Waals surface area contributed by atoms with Crippen LogP contribution in [0.5, 0.6) is 5.75 Å². The van der Waals surface area contributed by atoms with Crippen molar-refractivity contribution in [2.45, 2.75) is 32.4 Å². The summed E-state index contributed by atoms with van der Waals surface area (Å²) >= 11 is 0. The molecule has 2 aromatic heterocycles. The monoisotopic (exact) mass is 401 g/mol. The Labute approximate surface area is 174 Å². The number of pyridine rings is 1. The van der Waals surface area contributed by atoms with Gasteiger partial charge in [-0.05, 0) is 52.9 Å². The Morgan fingerprint density at radius 2 is 1.93 bits per heavy atom. The van der Waals surface area contributed by atoms with Crippen molar-refractivity contribution in [1.82, 2.24) is 14.8 Å². The summed E-state index contributed by atoms with van der Waals surface area (Å²) in [5.74, 6) is -0.0576. The number of carboxylic acid groups (broad SMARTS) is 1. The van der Waals surface area contributed by atoms with Gasteiger partial charge in [-0.2, -0.15) is 5.10 Å². The lowest BCUT2D eigenvalue weighted by molar-refractivity contribution is -0.137. The van der Waals surface area contributed by atoms with Gasteiger partial charge in [0.25, 0.3) is 0 Å². The summed E-state index contributed by atoms with van der Waals surface area (Å²) in [4.78, 5) is 15.0. The molecule has 0 bridgehead atoms. The highest BCUT2D eigenvalue weighted by Gasteiger charge is 2.10. The molecule has 152 valence electrons. The first-order valence-electron chi connectivity index (χ1n) is 9.86. The first-order chi connectivity index (χ1) is 14.6. The van der Waals surface area contributed by atoms with Crippen LogP contribution < -0.4 is 4.74 Å². The summed E-state index contributed by atoms with van der Waals surface area (Å²) in [5.41, 5.74) is 4.23. The van der Waals surface area contributed by atoms with E-state index in [9.17, 15) is 4.79 Å². The van der Waals surface area contributed by atoms with Crippen molar-refractivity contribution >= 4 is 16.9 Å². The van der Waals surface area contributed by atoms with E-state index >= 15 is 0 Å². The zero-order valence-electron chi connectivity index (χ0n) is 16.7. The van der Waals surface area contributed by atoms with Gasteiger partial charge in [0.2, 0.25) is 0 Å². The highest BCUT2D eigenvalue weighted by atomic mass is 16.5. The topological polar surface area (TPSA) is 77.2 Å². The Bertz CT molecular complexity index is 1140. The van der Waals surface area contributed by atoms with E-state index in [0.717, 1.165) is 33.3 Å². The van der Waals surface area contributed by atoms with E-state index in [1.165, 1.54) is 0 Å². The van der Waals surface area contributed by atoms with Crippen LogP contribution in [0.25, 0.3) is 10.9 Å². The van der Waals surface area contributed by atoms with Gasteiger partial charge in [-0.15, -0.1) is 0 Å². The number of hydrogen-bond acceptors (Lipinski definition) is 4. The molecule has 0 spiro atoms. The van der Waals surface area contributed by atoms with Crippen molar-refractivity contribution in [3.05, 3.63) is 89.9 Å². The maximum atomic E-state index is 10.9. The summed E-state index contributed by atoms with van der Waals surface area (Å²) in [6, 6.07) is 17.8. The van der Waals surface area contributed by atoms with Crippen LogP contribution in [0.1, 0.15) is 36.0 Å². The van der Waals surface area contributed by atoms with Crippen LogP contribution >= 0.6 is 0 Å². The molecule has 1 atom stereocenters. The fourth-order valence-corrected chi connectivity index (χ4v) is 3.46. The Hall–Kier alpha value is -3.67. The first-order valence-corrected chi connectivity index (χ1v) is 9.86. The molecule has 2 heterocycles. The molecule has 1 unspecified atom stereocenters. The second kappa shape index (κ2) is 8.78. The predicted octanol–water partition coefficient (Wildman–Crippen LogP) is 4.64. The highest BCUT2D eigenvalue weighted by molar-refractivity contribution is 5.79. The minimum atomic E-state index is -0.790. The van der Waals surface area contributed by atoms with Gasteiger partial charge in [0.05, 0.1) is 24.7 Å². The Morgan fingerprint density at radius 1 is 1.10 bits per heavy atom. The molecule has 0 aliphatic carbocycles. The zero-order valence-corrected chi connectivity index (χ0v) is 16.7. The Balaban J connectivity index is 1.40. The molecule has 0 saturated carbocycles. The summed E-state index contributed by atoms with van der Waals surface area (Å²) in [5, 5.41) is 14.5. The molecule has 0 amide bonds. The molecule has 6 heteroatoms. The van der Waals surface area contributed by atoms with E-state index in [1.54, 1.807) is 6.20 Å². The lowest BCUT2D eigenvalue weighted by Gasteiger charge is -2.11. The number of nitrogens with zero attached hydrogens (tertiary/aromatic N) is 3. The third kappa shape index (κ3) is 4.66. The van der Waals surface area contributed by atoms with E-state index in [-0.39, 0.29) is 12.3 Å². The van der Waals surface area contributed by atoms with Crippen LogP contribution in [0.4, 0.5) is 0 Å². The minimum absolute atomic E-state index is 0.0258. The third-order valence-electron chi connectivity index (χ3n) is 5.10. The highest BCUT2D eigenvalue weighted by Crippen LogP contribution is 2.23. The third-order valence-corrected chi connectivity index (χ3v) is 5.10. The fraction of sp³-hybridized carbons (Fsp3) is 0.208. The second-order valence-electron chi connectivity index (χ2n) is 7.41. The van der Waals surface area contributed by atoms with E-state index in [0.29, 0.717) is 13.2 Å². The van der Waals surface area contributed by atoms with Gasteiger partial charge in [-0.1, -0.05) is 31.2 Å². The molecule has 2 aromatic carbocycles. The van der Waals surface area contributed by atoms with Crippen molar-refractivity contribution in [2.24, 2.45) is 0 Å². The van der Waals surface area contributed by atoms with Crippen LogP contribution in [0.15, 0.2) is 73.2 Å². The smallest absolute Gasteiger partial charge is 0.303 e. The minimum Gasteiger partial charge on any atom is -0.489 e. The molecule has 6 nitrogen and oxygen atoms in total. The van der Waals surface area contributed by atoms with Crippen molar-refractivity contribution in [2.75, 3.05) is 0 Å². The van der Waals surface area contributed by atoms with Crippen LogP contribution in [0.3, 0.4) is 0 Å². The number of aliphatic carboxylic acids is 1. The van der Waals surface area contributed by atoms with Gasteiger partial charge in [0, 0.05) is 17.8 Å². The molecule has 0 aliphatic rings. The van der Waals surface area contributed by atoms with Gasteiger partial charge in [0.1, 0.15) is 12.4 Å². The van der Waals surface area contributed by atoms with Gasteiger partial charge in [-0.3, -0.25) is 14.5 Å². The number of ether oxygens (including phenoxy) is 1. The summed E-state index contributed by atoms with van der Waals surface area (Å²) in [7, 11) is 0. The standard InChI is InChI=1S/C24H23N3O3/c1-17(11-24(28)29)20-5-7-22(8-6-20)30-16-18-4-9-23-21(12-18)14-26-27(23)15-19-3-2-10-25-13-19/h2-10,12-14,17H,11,15-16H2,1H3,(H,28,29). The van der Waals surface area contributed by atoms with Gasteiger partial charge >= 0.3 is 5.97 Å².